The van der Waals surface area contributed by atoms with E-state index in [2.05, 4.69) is 15.5 Å². The fourth-order valence-electron chi connectivity index (χ4n) is 1.91. The van der Waals surface area contributed by atoms with Gasteiger partial charge in [0, 0.05) is 5.39 Å². The fourth-order valence-corrected chi connectivity index (χ4v) is 2.84. The molecule has 1 aromatic carbocycles. The van der Waals surface area contributed by atoms with E-state index in [1.807, 2.05) is 6.07 Å². The first kappa shape index (κ1) is 13.0. The predicted molar refractivity (Wildman–Crippen MR) is 80.9 cm³/mol. The number of nitrogen functional groups attached to an aromatic ring is 1. The van der Waals surface area contributed by atoms with Gasteiger partial charge in [0.2, 0.25) is 0 Å². The van der Waals surface area contributed by atoms with Crippen LogP contribution in [-0.4, -0.2) is 16.1 Å². The number of nitriles is 1. The Morgan fingerprint density at radius 2 is 2.14 bits per heavy atom. The lowest BCUT2D eigenvalue weighted by Gasteiger charge is -2.05. The van der Waals surface area contributed by atoms with Crippen molar-refractivity contribution in [2.75, 3.05) is 11.1 Å². The smallest absolute Gasteiger partial charge is 0.267 e. The molecule has 0 unspecified atom stereocenters. The largest absolute Gasteiger partial charge is 0.397 e. The van der Waals surface area contributed by atoms with Crippen molar-refractivity contribution in [2.45, 2.75) is 0 Å². The average Bonchev–Trinajstić information content (AvgIpc) is 2.85. The van der Waals surface area contributed by atoms with E-state index in [0.29, 0.717) is 32.0 Å². The molecule has 2 aromatic heterocycles. The third-order valence-electron chi connectivity index (χ3n) is 2.92. The first-order valence-electron chi connectivity index (χ1n) is 6.01. The molecule has 1 amide bonds. The van der Waals surface area contributed by atoms with E-state index in [1.54, 1.807) is 30.3 Å². The molecule has 21 heavy (non-hydrogen) atoms. The minimum Gasteiger partial charge on any atom is -0.397 e. The molecule has 3 N–H and O–H groups in total. The van der Waals surface area contributed by atoms with Crippen molar-refractivity contribution >= 4 is 38.8 Å². The number of nitrogens with two attached hydrogens (primary N) is 1. The zero-order chi connectivity index (χ0) is 14.8. The van der Waals surface area contributed by atoms with Gasteiger partial charge in [0.1, 0.15) is 15.8 Å². The van der Waals surface area contributed by atoms with E-state index in [9.17, 15) is 4.79 Å². The molecule has 0 fully saturated rings. The highest BCUT2D eigenvalue weighted by molar-refractivity contribution is 7.21. The number of anilines is 2. The molecule has 7 heteroatoms. The Kier molecular flexibility index (Phi) is 3.22. The van der Waals surface area contributed by atoms with Crippen LogP contribution in [0.4, 0.5) is 11.4 Å². The van der Waals surface area contributed by atoms with Crippen LogP contribution in [0.3, 0.4) is 0 Å². The standard InChI is InChI=1S/C14H9N5OS/c15-7-8-3-1-2-4-10(8)18-13(20)12-11(16)9-5-6-17-19-14(9)21-12/h1-6H,16H2,(H,18,20). The summed E-state index contributed by atoms with van der Waals surface area (Å²) in [6, 6.07) is 10.5. The number of fused-ring (bicyclic) bond motifs is 1. The number of carbonyl (C=O) groups is 1. The number of nitrogens with zero attached hydrogens (tertiary/aromatic N) is 3. The number of rotatable bonds is 2. The number of para-hydroxylation sites is 1. The Labute approximate surface area is 123 Å². The summed E-state index contributed by atoms with van der Waals surface area (Å²) in [6.45, 7) is 0. The molecule has 0 saturated heterocycles. The van der Waals surface area contributed by atoms with E-state index in [-0.39, 0.29) is 5.91 Å². The highest BCUT2D eigenvalue weighted by Gasteiger charge is 2.18. The molecule has 0 atom stereocenters. The van der Waals surface area contributed by atoms with Gasteiger partial charge in [0.15, 0.2) is 0 Å². The third-order valence-corrected chi connectivity index (χ3v) is 4.03. The summed E-state index contributed by atoms with van der Waals surface area (Å²) in [4.78, 5) is 13.3. The molecule has 0 spiro atoms. The minimum absolute atomic E-state index is 0.359. The minimum atomic E-state index is -0.363. The van der Waals surface area contributed by atoms with E-state index in [4.69, 9.17) is 11.0 Å². The van der Waals surface area contributed by atoms with Crippen LogP contribution >= 0.6 is 11.3 Å². The number of carbonyl (C=O) groups excluding carboxylic acids is 1. The predicted octanol–water partition coefficient (Wildman–Crippen LogP) is 2.40. The summed E-state index contributed by atoms with van der Waals surface area (Å²) in [5.74, 6) is -0.363. The van der Waals surface area contributed by atoms with Crippen LogP contribution in [0.5, 0.6) is 0 Å². The lowest BCUT2D eigenvalue weighted by atomic mass is 10.2. The number of thiophene rings is 1. The second kappa shape index (κ2) is 5.19. The van der Waals surface area contributed by atoms with Gasteiger partial charge < -0.3 is 11.1 Å². The van der Waals surface area contributed by atoms with Crippen molar-refractivity contribution in [2.24, 2.45) is 0 Å². The zero-order valence-corrected chi connectivity index (χ0v) is 11.5. The quantitative estimate of drug-likeness (QED) is 0.755. The molecule has 3 rings (SSSR count). The first-order chi connectivity index (χ1) is 10.2. The van der Waals surface area contributed by atoms with Gasteiger partial charge in [0.05, 0.1) is 23.1 Å². The monoisotopic (exact) mass is 295 g/mol. The summed E-state index contributed by atoms with van der Waals surface area (Å²) in [5.41, 5.74) is 7.20. The third kappa shape index (κ3) is 2.28. The van der Waals surface area contributed by atoms with E-state index in [0.717, 1.165) is 0 Å². The number of hydrogen-bond donors (Lipinski definition) is 2. The lowest BCUT2D eigenvalue weighted by molar-refractivity contribution is 0.103. The molecular weight excluding hydrogens is 286 g/mol. The second-order valence-electron chi connectivity index (χ2n) is 4.21. The Morgan fingerprint density at radius 1 is 1.33 bits per heavy atom. The van der Waals surface area contributed by atoms with Gasteiger partial charge in [0.25, 0.3) is 5.91 Å². The molecule has 0 radical (unpaired) electrons. The molecule has 3 aromatic rings. The second-order valence-corrected chi connectivity index (χ2v) is 5.21. The van der Waals surface area contributed by atoms with Crippen molar-refractivity contribution in [3.63, 3.8) is 0 Å². The summed E-state index contributed by atoms with van der Waals surface area (Å²) in [6.07, 6.45) is 1.53. The summed E-state index contributed by atoms with van der Waals surface area (Å²) < 4.78 is 0. The molecule has 102 valence electrons. The van der Waals surface area contributed by atoms with Gasteiger partial charge in [-0.15, -0.1) is 16.4 Å². The van der Waals surface area contributed by atoms with Crippen LogP contribution in [0, 0.1) is 11.3 Å². The molecular formula is C14H9N5OS. The lowest BCUT2D eigenvalue weighted by Crippen LogP contribution is -2.12. The first-order valence-corrected chi connectivity index (χ1v) is 6.82. The molecule has 0 aliphatic rings. The van der Waals surface area contributed by atoms with E-state index < -0.39 is 0 Å². The summed E-state index contributed by atoms with van der Waals surface area (Å²) in [5, 5.41) is 20.1. The van der Waals surface area contributed by atoms with Crippen LogP contribution in [0.25, 0.3) is 10.2 Å². The average molecular weight is 295 g/mol. The van der Waals surface area contributed by atoms with Gasteiger partial charge >= 0.3 is 0 Å². The van der Waals surface area contributed by atoms with Crippen molar-refractivity contribution in [1.82, 2.24) is 10.2 Å². The SMILES string of the molecule is N#Cc1ccccc1NC(=O)c1sc2nnccc2c1N. The normalized spacial score (nSPS) is 10.2. The van der Waals surface area contributed by atoms with Gasteiger partial charge in [-0.1, -0.05) is 12.1 Å². The summed E-state index contributed by atoms with van der Waals surface area (Å²) >= 11 is 1.17. The highest BCUT2D eigenvalue weighted by atomic mass is 32.1. The molecule has 6 nitrogen and oxygen atoms in total. The molecule has 2 heterocycles. The van der Waals surface area contributed by atoms with Crippen LogP contribution in [0.1, 0.15) is 15.2 Å². The van der Waals surface area contributed by atoms with Crippen LogP contribution in [0.15, 0.2) is 36.5 Å². The topological polar surface area (TPSA) is 105 Å². The number of aromatic nitrogens is 2. The van der Waals surface area contributed by atoms with Crippen molar-refractivity contribution in [1.29, 1.82) is 5.26 Å². The van der Waals surface area contributed by atoms with Gasteiger partial charge in [-0.3, -0.25) is 4.79 Å². The Hall–Kier alpha value is -2.98. The molecule has 0 saturated carbocycles. The maximum Gasteiger partial charge on any atom is 0.267 e. The number of hydrogen-bond acceptors (Lipinski definition) is 6. The van der Waals surface area contributed by atoms with Gasteiger partial charge in [-0.2, -0.15) is 10.4 Å². The van der Waals surface area contributed by atoms with Crippen molar-refractivity contribution in [3.05, 3.63) is 47.0 Å². The Balaban J connectivity index is 1.98. The Bertz CT molecular complexity index is 880. The molecule has 0 bridgehead atoms. The van der Waals surface area contributed by atoms with Gasteiger partial charge in [-0.05, 0) is 18.2 Å². The van der Waals surface area contributed by atoms with Crippen LogP contribution in [-0.2, 0) is 0 Å². The van der Waals surface area contributed by atoms with E-state index >= 15 is 0 Å². The van der Waals surface area contributed by atoms with E-state index in [1.165, 1.54) is 17.5 Å². The molecule has 0 aliphatic heterocycles. The zero-order valence-electron chi connectivity index (χ0n) is 10.7. The number of nitrogens with one attached hydrogen (secondary N) is 1. The molecule has 0 aliphatic carbocycles. The Morgan fingerprint density at radius 3 is 2.90 bits per heavy atom. The maximum absolute atomic E-state index is 12.3. The van der Waals surface area contributed by atoms with Crippen molar-refractivity contribution < 1.29 is 4.79 Å². The van der Waals surface area contributed by atoms with Crippen LogP contribution in [0.2, 0.25) is 0 Å². The number of amides is 1. The highest BCUT2D eigenvalue weighted by Crippen LogP contribution is 2.32. The van der Waals surface area contributed by atoms with Crippen LogP contribution < -0.4 is 11.1 Å². The summed E-state index contributed by atoms with van der Waals surface area (Å²) in [7, 11) is 0. The van der Waals surface area contributed by atoms with Crippen molar-refractivity contribution in [3.8, 4) is 6.07 Å². The maximum atomic E-state index is 12.3. The van der Waals surface area contributed by atoms with Gasteiger partial charge in [-0.25, -0.2) is 0 Å². The fraction of sp³-hybridized carbons (Fsp3) is 0. The number of benzene rings is 1.